The van der Waals surface area contributed by atoms with Gasteiger partial charge in [-0.3, -0.25) is 19.2 Å². The third kappa shape index (κ3) is 6.98. The van der Waals surface area contributed by atoms with E-state index in [9.17, 15) is 39.3 Å². The lowest BCUT2D eigenvalue weighted by atomic mass is 9.77. The highest BCUT2D eigenvalue weighted by Gasteiger charge is 2.57. The van der Waals surface area contributed by atoms with Gasteiger partial charge in [-0.15, -0.1) is 0 Å². The monoisotopic (exact) mass is 744 g/mol. The van der Waals surface area contributed by atoms with E-state index in [1.807, 2.05) is 0 Å². The molecule has 0 bridgehead atoms. The molecule has 2 amide bonds. The molecule has 0 radical (unpaired) electrons. The fourth-order valence-corrected chi connectivity index (χ4v) is 7.12. The Hall–Kier alpha value is -5.98. The topological polar surface area (TPSA) is 223 Å². The summed E-state index contributed by atoms with van der Waals surface area (Å²) in [6.45, 7) is 2.52. The Balaban J connectivity index is 1.21. The quantitative estimate of drug-likeness (QED) is 0.146. The van der Waals surface area contributed by atoms with Gasteiger partial charge in [0.2, 0.25) is 11.8 Å². The van der Waals surface area contributed by atoms with E-state index in [4.69, 9.17) is 33.9 Å². The summed E-state index contributed by atoms with van der Waals surface area (Å²) in [7, 11) is 2.19. The Morgan fingerprint density at radius 3 is 1.31 bits per heavy atom. The summed E-state index contributed by atoms with van der Waals surface area (Å²) in [5, 5.41) is 28.8. The van der Waals surface area contributed by atoms with Gasteiger partial charge in [0.1, 0.15) is 0 Å². The van der Waals surface area contributed by atoms with Crippen molar-refractivity contribution in [3.63, 3.8) is 0 Å². The number of carbonyl (C=O) groups excluding carboxylic acids is 6. The third-order valence-electron chi connectivity index (χ3n) is 9.28. The van der Waals surface area contributed by atoms with Crippen LogP contribution in [0.4, 0.5) is 11.4 Å². The van der Waals surface area contributed by atoms with Crippen molar-refractivity contribution >= 4 is 81.4 Å². The van der Waals surface area contributed by atoms with Crippen LogP contribution in [0.25, 0.3) is 0 Å². The van der Waals surface area contributed by atoms with Crippen LogP contribution < -0.4 is 31.1 Å². The molecule has 2 aromatic carbocycles. The lowest BCUT2D eigenvalue weighted by Gasteiger charge is -2.39. The second-order valence-corrected chi connectivity index (χ2v) is 13.0. The molecule has 3 aliphatic rings. The molecule has 4 N–H and O–H groups in total. The van der Waals surface area contributed by atoms with Crippen LogP contribution in [-0.4, -0.2) is 97.0 Å². The number of nitrogens with one attached hydrogen (secondary N) is 4. The van der Waals surface area contributed by atoms with Gasteiger partial charge in [0.15, 0.2) is 44.7 Å². The van der Waals surface area contributed by atoms with Gasteiger partial charge >= 0.3 is 11.9 Å². The molecule has 0 spiro atoms. The van der Waals surface area contributed by atoms with Gasteiger partial charge < -0.3 is 40.5 Å². The number of hydrogen-bond donors (Lipinski definition) is 4. The highest BCUT2D eigenvalue weighted by Crippen LogP contribution is 2.31. The van der Waals surface area contributed by atoms with E-state index in [1.54, 1.807) is 60.7 Å². The number of anilines is 2. The molecular formula is C34H32N8O8S2. The number of nitrogens with zero attached hydrogens (tertiary/aromatic N) is 4. The Kier molecular flexibility index (Phi) is 10.8. The van der Waals surface area contributed by atoms with E-state index in [-0.39, 0.29) is 21.4 Å². The van der Waals surface area contributed by atoms with Crippen molar-refractivity contribution in [3.05, 3.63) is 59.7 Å². The number of piperazine rings is 1. The summed E-state index contributed by atoms with van der Waals surface area (Å²) in [5.74, 6) is -7.63. The van der Waals surface area contributed by atoms with Crippen molar-refractivity contribution in [1.29, 1.82) is 10.5 Å². The maximum absolute atomic E-state index is 13.3. The van der Waals surface area contributed by atoms with E-state index in [0.717, 1.165) is 25.6 Å². The zero-order chi connectivity index (χ0) is 37.8. The normalized spacial score (nSPS) is 24.2. The van der Waals surface area contributed by atoms with E-state index in [0.29, 0.717) is 26.2 Å². The molecular weight excluding hydrogens is 713 g/mol. The number of amides is 2. The molecule has 3 fully saturated rings. The first-order valence-electron chi connectivity index (χ1n) is 15.8. The predicted octanol–water partition coefficient (Wildman–Crippen LogP) is 0.271. The number of carbonyl (C=O) groups is 6. The summed E-state index contributed by atoms with van der Waals surface area (Å²) >= 11 is 10.1. The van der Waals surface area contributed by atoms with Crippen LogP contribution in [0.1, 0.15) is 33.6 Å². The van der Waals surface area contributed by atoms with Gasteiger partial charge in [0.05, 0.1) is 26.4 Å². The summed E-state index contributed by atoms with van der Waals surface area (Å²) in [4.78, 5) is 81.5. The van der Waals surface area contributed by atoms with Crippen LogP contribution in [0.15, 0.2) is 48.5 Å². The zero-order valence-corrected chi connectivity index (χ0v) is 29.5. The number of hydrogen-bond acceptors (Lipinski definition) is 14. The minimum Gasteiger partial charge on any atom is -0.467 e. The SMILES string of the molecule is COC(=O)[C@]1(CC(=O)c2ccc(N3CCN(c4ccc(C(=O)C[C@@]5(C(=O)OC)NC(=S)NC(=O)[C@@H]5C#N)cc4)CC3)cc2)NC(=S)NC(=O)[C@H]1C#N. The van der Waals surface area contributed by atoms with Crippen molar-refractivity contribution in [2.75, 3.05) is 50.2 Å². The average molecular weight is 745 g/mol. The molecule has 16 nitrogen and oxygen atoms in total. The number of ether oxygens (including phenoxy) is 2. The molecule has 4 atom stereocenters. The van der Waals surface area contributed by atoms with E-state index in [2.05, 4.69) is 31.1 Å². The van der Waals surface area contributed by atoms with Crippen LogP contribution in [0.3, 0.4) is 0 Å². The number of nitriles is 2. The van der Waals surface area contributed by atoms with Gasteiger partial charge in [-0.05, 0) is 73.0 Å². The number of Topliss-reactive ketones (excluding diaryl/α,β-unsaturated/α-hetero) is 2. The molecule has 0 aliphatic carbocycles. The van der Waals surface area contributed by atoms with Gasteiger partial charge in [0.25, 0.3) is 0 Å². The van der Waals surface area contributed by atoms with Crippen molar-refractivity contribution < 1.29 is 38.2 Å². The standard InChI is InChI=1S/C34H32N8O8S2/c1-49-29(47)33(23(17-35)27(45)37-31(51)39-33)15-25(43)19-3-7-21(8-4-19)41-11-13-42(14-12-41)22-9-5-20(6-10-22)26(44)16-34(30(48)50-2)24(18-36)28(46)38-32(52)40-34/h3-10,23-24H,11-16H2,1-2H3,(H2,37,39,45,51)(H2,38,40,46,52)/t23-,24+,33-,34-/m1/s1. The smallest absolute Gasteiger partial charge is 0.334 e. The lowest BCUT2D eigenvalue weighted by molar-refractivity contribution is -0.153. The number of thiocarbonyl (C=S) groups is 2. The minimum atomic E-state index is -1.98. The first kappa shape index (κ1) is 37.3. The highest BCUT2D eigenvalue weighted by atomic mass is 32.1. The number of benzene rings is 2. The molecule has 3 aliphatic heterocycles. The number of esters is 2. The van der Waals surface area contributed by atoms with Crippen molar-refractivity contribution in [1.82, 2.24) is 21.3 Å². The number of rotatable bonds is 10. The highest BCUT2D eigenvalue weighted by molar-refractivity contribution is 7.80. The Morgan fingerprint density at radius 2 is 1.02 bits per heavy atom. The number of methoxy groups -OCH3 is 2. The largest absolute Gasteiger partial charge is 0.467 e. The third-order valence-corrected chi connectivity index (χ3v) is 9.69. The number of ketones is 2. The molecule has 268 valence electrons. The van der Waals surface area contributed by atoms with Crippen LogP contribution in [-0.2, 0) is 28.7 Å². The van der Waals surface area contributed by atoms with Crippen LogP contribution in [0, 0.1) is 34.5 Å². The fraction of sp³-hybridized carbons (Fsp3) is 0.353. The Labute approximate surface area is 308 Å². The molecule has 3 saturated heterocycles. The molecule has 2 aromatic rings. The van der Waals surface area contributed by atoms with E-state index < -0.39 is 71.1 Å². The molecule has 3 heterocycles. The average Bonchev–Trinajstić information content (AvgIpc) is 3.13. The molecule has 0 aromatic heterocycles. The summed E-state index contributed by atoms with van der Waals surface area (Å²) in [5.41, 5.74) is -1.73. The maximum atomic E-state index is 13.3. The van der Waals surface area contributed by atoms with Crippen molar-refractivity contribution in [3.8, 4) is 12.1 Å². The Bertz CT molecular complexity index is 1800. The van der Waals surface area contributed by atoms with Crippen molar-refractivity contribution in [2.45, 2.75) is 23.9 Å². The van der Waals surface area contributed by atoms with E-state index >= 15 is 0 Å². The lowest BCUT2D eigenvalue weighted by Crippen LogP contribution is -2.70. The molecule has 5 rings (SSSR count). The van der Waals surface area contributed by atoms with Gasteiger partial charge in [-0.1, -0.05) is 0 Å². The molecule has 0 saturated carbocycles. The summed E-state index contributed by atoms with van der Waals surface area (Å²) in [6, 6.07) is 17.1. The fourth-order valence-electron chi connectivity index (χ4n) is 6.55. The molecule has 52 heavy (non-hydrogen) atoms. The molecule has 0 unspecified atom stereocenters. The van der Waals surface area contributed by atoms with Crippen LogP contribution >= 0.6 is 24.4 Å². The first-order chi connectivity index (χ1) is 24.8. The zero-order valence-electron chi connectivity index (χ0n) is 27.9. The minimum absolute atomic E-state index is 0.189. The molecule has 18 heteroatoms. The van der Waals surface area contributed by atoms with Gasteiger partial charge in [-0.25, -0.2) is 9.59 Å². The second-order valence-electron chi connectivity index (χ2n) is 12.2. The van der Waals surface area contributed by atoms with Gasteiger partial charge in [0, 0.05) is 61.5 Å². The summed E-state index contributed by atoms with van der Waals surface area (Å²) < 4.78 is 9.72. The van der Waals surface area contributed by atoms with Crippen LogP contribution in [0.2, 0.25) is 0 Å². The van der Waals surface area contributed by atoms with Crippen molar-refractivity contribution in [2.24, 2.45) is 11.8 Å². The van der Waals surface area contributed by atoms with E-state index in [1.165, 1.54) is 0 Å². The predicted molar refractivity (Wildman–Crippen MR) is 191 cm³/mol. The second kappa shape index (κ2) is 15.1. The first-order valence-corrected chi connectivity index (χ1v) is 16.6. The van der Waals surface area contributed by atoms with Crippen LogP contribution in [0.5, 0.6) is 0 Å². The maximum Gasteiger partial charge on any atom is 0.334 e. The summed E-state index contributed by atoms with van der Waals surface area (Å²) in [6.07, 6.45) is -1.08. The Morgan fingerprint density at radius 1 is 0.692 bits per heavy atom. The van der Waals surface area contributed by atoms with Gasteiger partial charge in [-0.2, -0.15) is 10.5 Å².